The van der Waals surface area contributed by atoms with Gasteiger partial charge in [-0.2, -0.15) is 0 Å². The Morgan fingerprint density at radius 3 is 1.50 bits per heavy atom. The van der Waals surface area contributed by atoms with Crippen LogP contribution < -0.4 is 0 Å². The van der Waals surface area contributed by atoms with Gasteiger partial charge in [-0.25, -0.2) is 0 Å². The standard InChI is InChI=1S/2C18H24O4.2C4H8O3/c19-16(21-8-14-7-20-9-22-14)6-12-4-13-5-15(12)18-11-2-1-10(3-11)17(13)18;19-16(22-14-7-20-9-21-8-14)6-12-4-13-5-15(12)18-11-2-1-10(3-11)17(13)18;5-4-1-6-3-7-2-4;5-1-4-2-6-3-7-4/h2*1-2,10-15,17-18H,3-9H2;2*4-5H,1-3H2. The molecule has 14 nitrogen and oxygen atoms in total. The number of aliphatic hydroxyl groups excluding tert-OH is 2. The number of fused-ring (bicyclic) bond motifs is 18. The summed E-state index contributed by atoms with van der Waals surface area (Å²) in [6.07, 6.45) is 18.3. The molecule has 324 valence electrons. The number of carbonyl (C=O) groups is 2. The second kappa shape index (κ2) is 19.0. The van der Waals surface area contributed by atoms with Crippen molar-refractivity contribution in [2.75, 3.05) is 80.0 Å². The molecule has 0 aromatic carbocycles. The molecular weight excluding hydrogens is 752 g/mol. The lowest BCUT2D eigenvalue weighted by Gasteiger charge is -2.36. The van der Waals surface area contributed by atoms with E-state index in [9.17, 15) is 9.59 Å². The molecule has 12 rings (SSSR count). The van der Waals surface area contributed by atoms with Crippen molar-refractivity contribution in [3.63, 3.8) is 0 Å². The van der Waals surface area contributed by atoms with Crippen LogP contribution in [0, 0.1) is 82.9 Å². The molecule has 0 amide bonds. The largest absolute Gasteiger partial charge is 0.463 e. The highest BCUT2D eigenvalue weighted by Crippen LogP contribution is 2.68. The number of hydrogen-bond acceptors (Lipinski definition) is 14. The van der Waals surface area contributed by atoms with Crippen molar-refractivity contribution in [2.45, 2.75) is 75.8 Å². The molecule has 4 heterocycles. The van der Waals surface area contributed by atoms with E-state index >= 15 is 0 Å². The highest BCUT2D eigenvalue weighted by Gasteiger charge is 2.62. The number of esters is 2. The SMILES string of the molecule is O=C(CC1CC2CC1C1C3C=CC(C3)C21)OC1COCOC1.O=C(CC1CC2CC1C1C3C=CC(C3)C21)OCC1COCO1.OC1COCOC1.OCC1COCO1. The molecule has 16 unspecified atom stereocenters. The molecule has 16 atom stereocenters. The molecule has 0 radical (unpaired) electrons. The zero-order valence-corrected chi connectivity index (χ0v) is 33.6. The van der Waals surface area contributed by atoms with E-state index in [1.54, 1.807) is 0 Å². The van der Waals surface area contributed by atoms with Gasteiger partial charge in [0.1, 0.15) is 58.2 Å². The first-order chi connectivity index (χ1) is 28.4. The molecule has 2 N–H and O–H groups in total. The van der Waals surface area contributed by atoms with Gasteiger partial charge in [0.2, 0.25) is 0 Å². The van der Waals surface area contributed by atoms with Crippen LogP contribution in [0.1, 0.15) is 51.4 Å². The number of allylic oxidation sites excluding steroid dienone is 4. The van der Waals surface area contributed by atoms with Crippen molar-refractivity contribution in [3.05, 3.63) is 24.3 Å². The van der Waals surface area contributed by atoms with Gasteiger partial charge < -0.3 is 57.6 Å². The molecule has 58 heavy (non-hydrogen) atoms. The van der Waals surface area contributed by atoms with E-state index in [0.717, 1.165) is 71.0 Å². The third-order valence-electron chi connectivity index (χ3n) is 15.5. The van der Waals surface area contributed by atoms with Gasteiger partial charge in [0, 0.05) is 12.8 Å². The van der Waals surface area contributed by atoms with Crippen LogP contribution in [0.3, 0.4) is 0 Å². The van der Waals surface area contributed by atoms with E-state index in [4.69, 9.17) is 57.6 Å². The van der Waals surface area contributed by atoms with Crippen molar-refractivity contribution in [2.24, 2.45) is 82.9 Å². The van der Waals surface area contributed by atoms with Crippen molar-refractivity contribution < 1.29 is 67.2 Å². The summed E-state index contributed by atoms with van der Waals surface area (Å²) in [7, 11) is 0. The molecule has 4 saturated heterocycles. The highest BCUT2D eigenvalue weighted by molar-refractivity contribution is 5.70. The van der Waals surface area contributed by atoms with E-state index in [0.29, 0.717) is 98.1 Å². The summed E-state index contributed by atoms with van der Waals surface area (Å²) in [6, 6.07) is 0. The number of ether oxygens (including phenoxy) is 10. The smallest absolute Gasteiger partial charge is 0.306 e. The Hall–Kier alpha value is -1.98. The summed E-state index contributed by atoms with van der Waals surface area (Å²) in [4.78, 5) is 24.4. The monoisotopic (exact) mass is 816 g/mol. The van der Waals surface area contributed by atoms with Crippen LogP contribution >= 0.6 is 0 Å². The van der Waals surface area contributed by atoms with Crippen LogP contribution in [0.2, 0.25) is 0 Å². The Balaban J connectivity index is 0.000000113. The highest BCUT2D eigenvalue weighted by atomic mass is 16.7. The minimum Gasteiger partial charge on any atom is -0.463 e. The normalized spacial score (nSPS) is 44.6. The Kier molecular flexibility index (Phi) is 13.5. The molecule has 12 aliphatic rings. The fourth-order valence-corrected chi connectivity index (χ4v) is 13.6. The predicted molar refractivity (Wildman–Crippen MR) is 203 cm³/mol. The predicted octanol–water partition coefficient (Wildman–Crippen LogP) is 3.48. The van der Waals surface area contributed by atoms with Crippen molar-refractivity contribution in [1.29, 1.82) is 0 Å². The fourth-order valence-electron chi connectivity index (χ4n) is 13.6. The molecule has 10 fully saturated rings. The van der Waals surface area contributed by atoms with Crippen LogP contribution in [0.15, 0.2) is 24.3 Å². The van der Waals surface area contributed by atoms with Gasteiger partial charge in [0.15, 0.2) is 0 Å². The lowest BCUT2D eigenvalue weighted by molar-refractivity contribution is -0.184. The maximum absolute atomic E-state index is 12.2. The van der Waals surface area contributed by atoms with Crippen LogP contribution in [0.4, 0.5) is 0 Å². The lowest BCUT2D eigenvalue weighted by Crippen LogP contribution is -2.35. The van der Waals surface area contributed by atoms with Gasteiger partial charge >= 0.3 is 11.9 Å². The quantitative estimate of drug-likeness (QED) is 0.208. The molecule has 6 saturated carbocycles. The van der Waals surface area contributed by atoms with Crippen LogP contribution in [-0.4, -0.2) is 127 Å². The van der Waals surface area contributed by atoms with Crippen molar-refractivity contribution in [3.8, 4) is 0 Å². The summed E-state index contributed by atoms with van der Waals surface area (Å²) in [5.74, 6) is 11.3. The average molecular weight is 817 g/mol. The molecule has 8 aliphatic carbocycles. The topological polar surface area (TPSA) is 167 Å². The van der Waals surface area contributed by atoms with E-state index in [-0.39, 0.29) is 36.9 Å². The Morgan fingerprint density at radius 2 is 1.03 bits per heavy atom. The zero-order valence-electron chi connectivity index (χ0n) is 33.6. The molecule has 0 aromatic rings. The fraction of sp³-hybridized carbons (Fsp3) is 0.864. The molecular formula is C44H64O14. The molecule has 8 bridgehead atoms. The summed E-state index contributed by atoms with van der Waals surface area (Å²) in [5, 5.41) is 17.0. The first-order valence-corrected chi connectivity index (χ1v) is 22.1. The third-order valence-corrected chi connectivity index (χ3v) is 15.5. The second-order valence-corrected chi connectivity index (χ2v) is 18.8. The Bertz CT molecular complexity index is 1430. The van der Waals surface area contributed by atoms with Gasteiger partial charge in [-0.05, 0) is 121 Å². The van der Waals surface area contributed by atoms with Gasteiger partial charge in [0.05, 0.1) is 46.2 Å². The molecule has 14 heteroatoms. The lowest BCUT2D eigenvalue weighted by atomic mass is 9.69. The Morgan fingerprint density at radius 1 is 0.552 bits per heavy atom. The molecule has 0 spiro atoms. The average Bonchev–Trinajstić information content (AvgIpc) is 4.08. The number of aliphatic hydroxyl groups is 2. The van der Waals surface area contributed by atoms with Gasteiger partial charge in [0.25, 0.3) is 0 Å². The first-order valence-electron chi connectivity index (χ1n) is 22.1. The van der Waals surface area contributed by atoms with Crippen molar-refractivity contribution >= 4 is 11.9 Å². The molecule has 0 aromatic heterocycles. The third kappa shape index (κ3) is 9.12. The van der Waals surface area contributed by atoms with Gasteiger partial charge in [-0.15, -0.1) is 0 Å². The zero-order chi connectivity index (χ0) is 39.6. The summed E-state index contributed by atoms with van der Waals surface area (Å²) >= 11 is 0. The first kappa shape index (κ1) is 41.4. The van der Waals surface area contributed by atoms with Crippen molar-refractivity contribution in [1.82, 2.24) is 0 Å². The minimum atomic E-state index is -0.409. The van der Waals surface area contributed by atoms with E-state index in [1.165, 1.54) is 38.5 Å². The van der Waals surface area contributed by atoms with E-state index in [1.807, 2.05) is 0 Å². The summed E-state index contributed by atoms with van der Waals surface area (Å²) in [6.45, 7) is 4.59. The van der Waals surface area contributed by atoms with Crippen LogP contribution in [-0.2, 0) is 57.0 Å². The number of hydrogen-bond donors (Lipinski definition) is 2. The van der Waals surface area contributed by atoms with Gasteiger partial charge in [-0.3, -0.25) is 9.59 Å². The van der Waals surface area contributed by atoms with E-state index < -0.39 is 6.10 Å². The van der Waals surface area contributed by atoms with Crippen LogP contribution in [0.5, 0.6) is 0 Å². The summed E-state index contributed by atoms with van der Waals surface area (Å²) < 4.78 is 50.8. The Labute approximate surface area is 341 Å². The number of carbonyl (C=O) groups excluding carboxylic acids is 2. The second-order valence-electron chi connectivity index (χ2n) is 18.8. The number of rotatable bonds is 8. The molecule has 4 aliphatic heterocycles. The minimum absolute atomic E-state index is 0.0386. The van der Waals surface area contributed by atoms with E-state index in [2.05, 4.69) is 24.3 Å². The van der Waals surface area contributed by atoms with Gasteiger partial charge in [-0.1, -0.05) is 24.3 Å². The summed E-state index contributed by atoms with van der Waals surface area (Å²) in [5.41, 5.74) is 0. The van der Waals surface area contributed by atoms with Crippen LogP contribution in [0.25, 0.3) is 0 Å². The maximum atomic E-state index is 12.2. The maximum Gasteiger partial charge on any atom is 0.306 e.